The Morgan fingerprint density at radius 2 is 1.86 bits per heavy atom. The molecule has 1 N–H and O–H groups in total. The van der Waals surface area contributed by atoms with Crippen molar-refractivity contribution in [3.63, 3.8) is 0 Å². The summed E-state index contributed by atoms with van der Waals surface area (Å²) >= 11 is 0. The molecule has 0 fully saturated rings. The quantitative estimate of drug-likeness (QED) is 0.342. The van der Waals surface area contributed by atoms with Gasteiger partial charge in [0.25, 0.3) is 0 Å². The van der Waals surface area contributed by atoms with Crippen LogP contribution >= 0.6 is 0 Å². The van der Waals surface area contributed by atoms with Crippen molar-refractivity contribution in [1.82, 2.24) is 29.5 Å². The predicted molar refractivity (Wildman–Crippen MR) is 128 cm³/mol. The number of benzene rings is 2. The van der Waals surface area contributed by atoms with Crippen LogP contribution in [0, 0.1) is 0 Å². The number of hydrogen-bond acceptors (Lipinski definition) is 7. The van der Waals surface area contributed by atoms with Crippen molar-refractivity contribution in [2.45, 2.75) is 33.2 Å². The monoisotopic (exact) mass is 472 g/mol. The smallest absolute Gasteiger partial charge is 0.460 e. The maximum absolute atomic E-state index is 12.5. The second-order valence-electron chi connectivity index (χ2n) is 8.02. The first kappa shape index (κ1) is 22.3. The summed E-state index contributed by atoms with van der Waals surface area (Å²) in [7, 11) is 0. The van der Waals surface area contributed by atoms with E-state index in [0.717, 1.165) is 40.9 Å². The fraction of sp³-hybridized carbons (Fsp3) is 0.240. The molecule has 0 atom stereocenters. The van der Waals surface area contributed by atoms with Crippen molar-refractivity contribution in [3.05, 3.63) is 82.2 Å². The van der Waals surface area contributed by atoms with Gasteiger partial charge in [-0.05, 0) is 30.0 Å². The van der Waals surface area contributed by atoms with Gasteiger partial charge in [0, 0.05) is 12.0 Å². The van der Waals surface area contributed by atoms with Crippen LogP contribution < -0.4 is 5.76 Å². The van der Waals surface area contributed by atoms with Crippen molar-refractivity contribution in [3.8, 4) is 22.5 Å². The summed E-state index contributed by atoms with van der Waals surface area (Å²) in [6.07, 6.45) is 3.17. The highest BCUT2D eigenvalue weighted by atomic mass is 16.5. The number of aryl methyl sites for hydroxylation is 1. The molecule has 0 aliphatic rings. The molecule has 10 heteroatoms. The summed E-state index contributed by atoms with van der Waals surface area (Å²) < 4.78 is 13.5. The van der Waals surface area contributed by atoms with E-state index >= 15 is 0 Å². The van der Waals surface area contributed by atoms with Gasteiger partial charge in [0.1, 0.15) is 11.4 Å². The predicted octanol–water partition coefficient (Wildman–Crippen LogP) is 3.72. The van der Waals surface area contributed by atoms with Crippen LogP contribution in [0.15, 0.2) is 64.0 Å². The van der Waals surface area contributed by atoms with Crippen molar-refractivity contribution >= 4 is 11.6 Å². The molecule has 0 saturated heterocycles. The number of nitrogens with one attached hydrogen (secondary N) is 1. The molecular weight excluding hydrogens is 448 g/mol. The van der Waals surface area contributed by atoms with Crippen LogP contribution in [0.25, 0.3) is 28.2 Å². The molecule has 10 nitrogen and oxygen atoms in total. The van der Waals surface area contributed by atoms with Gasteiger partial charge < -0.3 is 13.8 Å². The highest BCUT2D eigenvalue weighted by Crippen LogP contribution is 2.30. The van der Waals surface area contributed by atoms with Crippen LogP contribution in [-0.2, 0) is 17.7 Å². The highest BCUT2D eigenvalue weighted by molar-refractivity contribution is 5.95. The molecule has 0 aliphatic heterocycles. The van der Waals surface area contributed by atoms with E-state index in [1.54, 1.807) is 6.92 Å². The Morgan fingerprint density at radius 3 is 2.54 bits per heavy atom. The van der Waals surface area contributed by atoms with Crippen molar-refractivity contribution in [2.75, 3.05) is 6.61 Å². The second-order valence-corrected chi connectivity index (χ2v) is 8.02. The average molecular weight is 473 g/mol. The van der Waals surface area contributed by atoms with E-state index in [9.17, 15) is 9.59 Å². The summed E-state index contributed by atoms with van der Waals surface area (Å²) in [6.45, 7) is 4.67. The lowest BCUT2D eigenvalue weighted by molar-refractivity contribution is 0.0528. The molecule has 0 unspecified atom stereocenters. The molecule has 0 saturated carbocycles. The lowest BCUT2D eigenvalue weighted by atomic mass is 9.98. The average Bonchev–Trinajstić information content (AvgIpc) is 3.57. The summed E-state index contributed by atoms with van der Waals surface area (Å²) in [6, 6.07) is 15.8. The molecule has 0 amide bonds. The van der Waals surface area contributed by atoms with Gasteiger partial charge in [0.15, 0.2) is 11.5 Å². The number of hydrogen-bond donors (Lipinski definition) is 1. The fourth-order valence-electron chi connectivity index (χ4n) is 4.13. The number of carbonyl (C=O) groups is 1. The van der Waals surface area contributed by atoms with Crippen molar-refractivity contribution < 1.29 is 14.1 Å². The number of H-pyrrole nitrogens is 1. The SMILES string of the molecule is CCCc1nn2ncc(C(=O)OCC)c2n1Cc1ccc(-c2ccccc2-c2nc(=O)o[nH]2)cc1. The lowest BCUT2D eigenvalue weighted by Crippen LogP contribution is -2.10. The van der Waals surface area contributed by atoms with Crippen LogP contribution in [0.5, 0.6) is 0 Å². The third-order valence-corrected chi connectivity index (χ3v) is 5.70. The number of fused-ring (bicyclic) bond motifs is 1. The Labute approximate surface area is 200 Å². The Hall–Kier alpha value is -4.47. The van der Waals surface area contributed by atoms with E-state index < -0.39 is 11.7 Å². The molecule has 3 aromatic heterocycles. The van der Waals surface area contributed by atoms with Crippen LogP contribution in [-0.4, -0.2) is 42.1 Å². The van der Waals surface area contributed by atoms with Gasteiger partial charge in [-0.1, -0.05) is 55.5 Å². The second kappa shape index (κ2) is 9.41. The summed E-state index contributed by atoms with van der Waals surface area (Å²) in [4.78, 5) is 27.8. The van der Waals surface area contributed by atoms with E-state index in [-0.39, 0.29) is 6.61 Å². The summed E-state index contributed by atoms with van der Waals surface area (Å²) in [5.41, 5.74) is 4.71. The molecule has 5 aromatic rings. The third-order valence-electron chi connectivity index (χ3n) is 5.70. The number of esters is 1. The van der Waals surface area contributed by atoms with E-state index in [0.29, 0.717) is 23.6 Å². The standard InChI is InChI=1S/C25H24N6O4/c1-3-7-21-28-31-23(20(14-26-31)24(32)34-4-2)30(21)15-16-10-12-17(13-11-16)18-8-5-6-9-19(18)22-27-25(33)35-29-22/h5-6,8-14H,3-4,7,15H2,1-2H3,(H,27,29,33). The van der Waals surface area contributed by atoms with E-state index in [2.05, 4.69) is 27.3 Å². The van der Waals surface area contributed by atoms with Crippen LogP contribution in [0.2, 0.25) is 0 Å². The number of ether oxygens (including phenoxy) is 1. The van der Waals surface area contributed by atoms with Crippen LogP contribution in [0.3, 0.4) is 0 Å². The Kier molecular flexibility index (Phi) is 6.01. The first-order valence-electron chi connectivity index (χ1n) is 11.4. The molecule has 0 radical (unpaired) electrons. The topological polar surface area (TPSA) is 120 Å². The molecule has 0 aliphatic carbocycles. The zero-order valence-corrected chi connectivity index (χ0v) is 19.4. The molecule has 3 heterocycles. The Balaban J connectivity index is 1.50. The number of carbonyl (C=O) groups excluding carboxylic acids is 1. The molecule has 2 aromatic carbocycles. The summed E-state index contributed by atoms with van der Waals surface area (Å²) in [5, 5.41) is 11.4. The molecular formula is C25H24N6O4. The fourth-order valence-corrected chi connectivity index (χ4v) is 4.13. The van der Waals surface area contributed by atoms with Gasteiger partial charge in [-0.3, -0.25) is 0 Å². The molecule has 35 heavy (non-hydrogen) atoms. The van der Waals surface area contributed by atoms with Gasteiger partial charge >= 0.3 is 11.7 Å². The largest absolute Gasteiger partial charge is 0.462 e. The maximum Gasteiger partial charge on any atom is 0.460 e. The van der Waals surface area contributed by atoms with Crippen molar-refractivity contribution in [2.24, 2.45) is 0 Å². The number of nitrogens with zero attached hydrogens (tertiary/aromatic N) is 5. The Morgan fingerprint density at radius 1 is 1.09 bits per heavy atom. The van der Waals surface area contributed by atoms with E-state index in [4.69, 9.17) is 9.26 Å². The lowest BCUT2D eigenvalue weighted by Gasteiger charge is -2.11. The number of rotatable bonds is 8. The maximum atomic E-state index is 12.5. The zero-order chi connectivity index (χ0) is 24.4. The van der Waals surface area contributed by atoms with Crippen LogP contribution in [0.4, 0.5) is 0 Å². The van der Waals surface area contributed by atoms with Gasteiger partial charge in [0.2, 0.25) is 0 Å². The minimum absolute atomic E-state index is 0.289. The van der Waals surface area contributed by atoms with Gasteiger partial charge in [-0.2, -0.15) is 15.2 Å². The molecule has 0 bridgehead atoms. The molecule has 178 valence electrons. The minimum Gasteiger partial charge on any atom is -0.462 e. The zero-order valence-electron chi connectivity index (χ0n) is 19.4. The van der Waals surface area contributed by atoms with E-state index in [1.165, 1.54) is 10.8 Å². The van der Waals surface area contributed by atoms with Gasteiger partial charge in [0.05, 0.1) is 19.3 Å². The Bertz CT molecular complexity index is 1540. The van der Waals surface area contributed by atoms with Gasteiger partial charge in [-0.15, -0.1) is 9.73 Å². The molecule has 0 spiro atoms. The minimum atomic E-state index is -0.665. The normalized spacial score (nSPS) is 11.3. The number of aromatic nitrogens is 6. The number of aromatic amines is 1. The summed E-state index contributed by atoms with van der Waals surface area (Å²) in [5.74, 6) is 0.156. The highest BCUT2D eigenvalue weighted by Gasteiger charge is 2.21. The first-order valence-corrected chi connectivity index (χ1v) is 11.4. The third kappa shape index (κ3) is 4.25. The van der Waals surface area contributed by atoms with Gasteiger partial charge in [-0.25, -0.2) is 9.59 Å². The van der Waals surface area contributed by atoms with Crippen LogP contribution in [0.1, 0.15) is 42.0 Å². The van der Waals surface area contributed by atoms with E-state index in [1.807, 2.05) is 53.1 Å². The molecule has 5 rings (SSSR count). The first-order chi connectivity index (χ1) is 17.1. The van der Waals surface area contributed by atoms with Crippen molar-refractivity contribution in [1.29, 1.82) is 0 Å².